The van der Waals surface area contributed by atoms with Crippen LogP contribution in [-0.4, -0.2) is 66.9 Å². The Bertz CT molecular complexity index is 1000. The minimum atomic E-state index is -0.268. The van der Waals surface area contributed by atoms with Crippen LogP contribution < -0.4 is 21.7 Å². The number of halogens is 1. The van der Waals surface area contributed by atoms with E-state index < -0.39 is 0 Å². The number of urea groups is 1. The largest absolute Gasteiger partial charge is 0.344 e. The average molecular weight is 501 g/mol. The number of rotatable bonds is 6. The van der Waals surface area contributed by atoms with Crippen molar-refractivity contribution >= 4 is 35.1 Å². The predicted molar refractivity (Wildman–Crippen MR) is 137 cm³/mol. The fourth-order valence-corrected chi connectivity index (χ4v) is 3.89. The normalized spacial score (nSPS) is 19.4. The van der Waals surface area contributed by atoms with E-state index in [2.05, 4.69) is 16.0 Å². The number of likely N-dealkylation sites (tertiary alicyclic amines) is 2. The van der Waals surface area contributed by atoms with Crippen LogP contribution >= 0.6 is 11.6 Å². The molecule has 2 aliphatic rings. The van der Waals surface area contributed by atoms with Crippen molar-refractivity contribution in [2.45, 2.75) is 38.0 Å². The first kappa shape index (κ1) is 26.5. The summed E-state index contributed by atoms with van der Waals surface area (Å²) in [5.74, 6) is 0.218. The molecule has 2 heterocycles. The molecule has 2 unspecified atom stereocenters. The molecule has 2 atom stereocenters. The van der Waals surface area contributed by atoms with Crippen molar-refractivity contribution in [3.8, 4) is 0 Å². The quantitative estimate of drug-likeness (QED) is 0.484. The van der Waals surface area contributed by atoms with Crippen LogP contribution in [0.15, 0.2) is 48.5 Å². The molecule has 0 aromatic heterocycles. The summed E-state index contributed by atoms with van der Waals surface area (Å²) in [6.07, 6.45) is 1.65. The van der Waals surface area contributed by atoms with Gasteiger partial charge in [0, 0.05) is 51.0 Å². The monoisotopic (exact) mass is 500 g/mol. The number of amides is 4. The summed E-state index contributed by atoms with van der Waals surface area (Å²) < 4.78 is 0. The Balaban J connectivity index is 0.000000363. The Labute approximate surface area is 211 Å². The standard InChI is InChI=1S/C20H23ClN4O2.C5H10N2O/c1-25-11-10-18(19(25)26)22-12-15-4-8-17(9-5-15)24-20(27)23-13-14-2-6-16(21)7-3-14;1-7-3-2-4(6)5(7)8/h2-9,18,22H,10-13H2,1H3,(H2,23,24,27);4H,2-3,6H2,1H3. The van der Waals surface area contributed by atoms with Crippen LogP contribution in [0.5, 0.6) is 0 Å². The number of hydrogen-bond donors (Lipinski definition) is 4. The molecule has 4 rings (SSSR count). The molecular weight excluding hydrogens is 468 g/mol. The van der Waals surface area contributed by atoms with Crippen LogP contribution in [0.4, 0.5) is 10.5 Å². The lowest BCUT2D eigenvalue weighted by Gasteiger charge is -2.13. The Morgan fingerprint density at radius 3 is 2.00 bits per heavy atom. The van der Waals surface area contributed by atoms with Gasteiger partial charge in [0.15, 0.2) is 0 Å². The Morgan fingerprint density at radius 1 is 0.914 bits per heavy atom. The number of nitrogens with one attached hydrogen (secondary N) is 3. The summed E-state index contributed by atoms with van der Waals surface area (Å²) in [7, 11) is 3.59. The first-order valence-corrected chi connectivity index (χ1v) is 12.0. The molecule has 10 heteroatoms. The highest BCUT2D eigenvalue weighted by Gasteiger charge is 2.28. The Kier molecular flexibility index (Phi) is 9.47. The zero-order valence-corrected chi connectivity index (χ0v) is 20.8. The van der Waals surface area contributed by atoms with Crippen molar-refractivity contribution in [3.63, 3.8) is 0 Å². The number of nitrogens with two attached hydrogens (primary N) is 1. The summed E-state index contributed by atoms with van der Waals surface area (Å²) >= 11 is 5.84. The molecule has 0 radical (unpaired) electrons. The zero-order chi connectivity index (χ0) is 25.4. The van der Waals surface area contributed by atoms with Crippen molar-refractivity contribution in [2.75, 3.05) is 32.5 Å². The number of hydrogen-bond acceptors (Lipinski definition) is 5. The van der Waals surface area contributed by atoms with E-state index in [0.29, 0.717) is 23.8 Å². The molecule has 2 aliphatic heterocycles. The molecular formula is C25H33ClN6O3. The first-order valence-electron chi connectivity index (χ1n) is 11.6. The molecule has 0 saturated carbocycles. The molecule has 2 aromatic rings. The maximum atomic E-state index is 12.0. The van der Waals surface area contributed by atoms with Gasteiger partial charge in [-0.3, -0.25) is 9.59 Å². The van der Waals surface area contributed by atoms with Gasteiger partial charge < -0.3 is 31.5 Å². The highest BCUT2D eigenvalue weighted by Crippen LogP contribution is 2.13. The summed E-state index contributed by atoms with van der Waals surface area (Å²) in [5, 5.41) is 9.56. The third-order valence-corrected chi connectivity index (χ3v) is 6.28. The van der Waals surface area contributed by atoms with Gasteiger partial charge >= 0.3 is 6.03 Å². The van der Waals surface area contributed by atoms with Crippen LogP contribution in [0.1, 0.15) is 24.0 Å². The van der Waals surface area contributed by atoms with Gasteiger partial charge in [-0.15, -0.1) is 0 Å². The predicted octanol–water partition coefficient (Wildman–Crippen LogP) is 2.16. The smallest absolute Gasteiger partial charge is 0.319 e. The van der Waals surface area contributed by atoms with Crippen molar-refractivity contribution in [2.24, 2.45) is 5.73 Å². The van der Waals surface area contributed by atoms with Crippen LogP contribution in [0, 0.1) is 0 Å². The molecule has 2 fully saturated rings. The van der Waals surface area contributed by atoms with E-state index in [1.165, 1.54) is 0 Å². The number of likely N-dealkylation sites (N-methyl/N-ethyl adjacent to an activating group) is 2. The third kappa shape index (κ3) is 7.95. The van der Waals surface area contributed by atoms with E-state index in [-0.39, 0.29) is 29.9 Å². The Hall–Kier alpha value is -3.14. The fraction of sp³-hybridized carbons (Fsp3) is 0.400. The number of anilines is 1. The summed E-state index contributed by atoms with van der Waals surface area (Å²) in [6.45, 7) is 2.66. The van der Waals surface area contributed by atoms with Gasteiger partial charge in [0.1, 0.15) is 0 Å². The van der Waals surface area contributed by atoms with Gasteiger partial charge in [-0.2, -0.15) is 0 Å². The van der Waals surface area contributed by atoms with Crippen LogP contribution in [-0.2, 0) is 22.7 Å². The Morgan fingerprint density at radius 2 is 1.49 bits per heavy atom. The highest BCUT2D eigenvalue weighted by molar-refractivity contribution is 6.30. The summed E-state index contributed by atoms with van der Waals surface area (Å²) in [6, 6.07) is 14.3. The minimum absolute atomic E-state index is 0.0741. The van der Waals surface area contributed by atoms with E-state index >= 15 is 0 Å². The second kappa shape index (κ2) is 12.5. The fourth-order valence-electron chi connectivity index (χ4n) is 3.77. The average Bonchev–Trinajstić information content (AvgIpc) is 3.33. The number of carbonyl (C=O) groups excluding carboxylic acids is 3. The van der Waals surface area contributed by atoms with E-state index in [1.54, 1.807) is 29.0 Å². The lowest BCUT2D eigenvalue weighted by molar-refractivity contribution is -0.128. The second-order valence-electron chi connectivity index (χ2n) is 8.77. The molecule has 2 saturated heterocycles. The van der Waals surface area contributed by atoms with Crippen molar-refractivity contribution in [3.05, 3.63) is 64.7 Å². The number of nitrogens with zero attached hydrogens (tertiary/aromatic N) is 2. The topological polar surface area (TPSA) is 120 Å². The van der Waals surface area contributed by atoms with Crippen molar-refractivity contribution in [1.29, 1.82) is 0 Å². The van der Waals surface area contributed by atoms with Crippen LogP contribution in [0.2, 0.25) is 5.02 Å². The minimum Gasteiger partial charge on any atom is -0.344 e. The van der Waals surface area contributed by atoms with Gasteiger partial charge in [0.25, 0.3) is 0 Å². The van der Waals surface area contributed by atoms with E-state index in [0.717, 1.165) is 37.1 Å². The number of carbonyl (C=O) groups is 3. The van der Waals surface area contributed by atoms with Crippen LogP contribution in [0.25, 0.3) is 0 Å². The third-order valence-electron chi connectivity index (χ3n) is 6.03. The molecule has 0 bridgehead atoms. The molecule has 0 spiro atoms. The molecule has 0 aliphatic carbocycles. The van der Waals surface area contributed by atoms with Crippen molar-refractivity contribution < 1.29 is 14.4 Å². The lowest BCUT2D eigenvalue weighted by Crippen LogP contribution is -2.36. The molecule has 2 aromatic carbocycles. The second-order valence-corrected chi connectivity index (χ2v) is 9.20. The highest BCUT2D eigenvalue weighted by atomic mass is 35.5. The van der Waals surface area contributed by atoms with Gasteiger partial charge in [0.05, 0.1) is 12.1 Å². The van der Waals surface area contributed by atoms with Gasteiger partial charge in [-0.1, -0.05) is 35.9 Å². The molecule has 188 valence electrons. The van der Waals surface area contributed by atoms with E-state index in [9.17, 15) is 14.4 Å². The SMILES string of the molecule is CN1CCC(N)C1=O.CN1CCC(NCc2ccc(NC(=O)NCc3ccc(Cl)cc3)cc2)C1=O. The van der Waals surface area contributed by atoms with E-state index in [1.807, 2.05) is 43.4 Å². The summed E-state index contributed by atoms with van der Waals surface area (Å²) in [4.78, 5) is 38.0. The van der Waals surface area contributed by atoms with Gasteiger partial charge in [0.2, 0.25) is 11.8 Å². The van der Waals surface area contributed by atoms with Gasteiger partial charge in [-0.05, 0) is 48.2 Å². The number of benzene rings is 2. The van der Waals surface area contributed by atoms with Gasteiger partial charge in [-0.25, -0.2) is 4.79 Å². The molecule has 4 amide bonds. The summed E-state index contributed by atoms with van der Waals surface area (Å²) in [5.41, 5.74) is 8.12. The maximum Gasteiger partial charge on any atom is 0.319 e. The van der Waals surface area contributed by atoms with Crippen molar-refractivity contribution in [1.82, 2.24) is 20.4 Å². The zero-order valence-electron chi connectivity index (χ0n) is 20.1. The molecule has 5 N–H and O–H groups in total. The molecule has 35 heavy (non-hydrogen) atoms. The van der Waals surface area contributed by atoms with Crippen LogP contribution in [0.3, 0.4) is 0 Å². The molecule has 9 nitrogen and oxygen atoms in total. The lowest BCUT2D eigenvalue weighted by atomic mass is 10.2. The maximum absolute atomic E-state index is 12.0. The van der Waals surface area contributed by atoms with E-state index in [4.69, 9.17) is 17.3 Å². The first-order chi connectivity index (χ1) is 16.7.